The molecule has 0 spiro atoms. The summed E-state index contributed by atoms with van der Waals surface area (Å²) in [5, 5.41) is 4.30. The van der Waals surface area contributed by atoms with E-state index in [1.807, 2.05) is 6.20 Å². The summed E-state index contributed by atoms with van der Waals surface area (Å²) in [6, 6.07) is 2.27. The Morgan fingerprint density at radius 2 is 2.43 bits per heavy atom. The van der Waals surface area contributed by atoms with Crippen LogP contribution in [0.5, 0.6) is 0 Å². The summed E-state index contributed by atoms with van der Waals surface area (Å²) in [5.41, 5.74) is 7.43. The Morgan fingerprint density at radius 1 is 1.64 bits per heavy atom. The van der Waals surface area contributed by atoms with Gasteiger partial charge in [0.15, 0.2) is 0 Å². The van der Waals surface area contributed by atoms with E-state index >= 15 is 0 Å². The molecule has 78 valence electrons. The molecule has 0 aromatic carbocycles. The molecule has 3 nitrogen and oxygen atoms in total. The van der Waals surface area contributed by atoms with Crippen LogP contribution in [0.1, 0.15) is 44.3 Å². The first-order chi connectivity index (χ1) is 6.83. The van der Waals surface area contributed by atoms with Crippen molar-refractivity contribution in [3.63, 3.8) is 0 Å². The van der Waals surface area contributed by atoms with Crippen LogP contribution in [-0.2, 0) is 6.54 Å². The average Bonchev–Trinajstić information content (AvgIpc) is 2.49. The Hall–Kier alpha value is -0.830. The van der Waals surface area contributed by atoms with Crippen LogP contribution >= 0.6 is 0 Å². The number of hydrogen-bond donors (Lipinski definition) is 1. The van der Waals surface area contributed by atoms with E-state index in [1.54, 1.807) is 0 Å². The summed E-state index contributed by atoms with van der Waals surface area (Å²) in [5.74, 6) is 0.697. The van der Waals surface area contributed by atoms with Crippen molar-refractivity contribution in [2.75, 3.05) is 0 Å². The second-order valence-electron chi connectivity index (χ2n) is 4.20. The first-order valence-electron chi connectivity index (χ1n) is 5.60. The lowest BCUT2D eigenvalue weighted by Gasteiger charge is -2.31. The number of aromatic nitrogens is 2. The minimum atomic E-state index is 0.206. The van der Waals surface area contributed by atoms with E-state index in [2.05, 4.69) is 22.8 Å². The van der Waals surface area contributed by atoms with E-state index in [0.29, 0.717) is 5.92 Å². The van der Waals surface area contributed by atoms with Gasteiger partial charge in [-0.1, -0.05) is 13.3 Å². The highest BCUT2D eigenvalue weighted by atomic mass is 15.3. The van der Waals surface area contributed by atoms with Gasteiger partial charge in [-0.15, -0.1) is 0 Å². The van der Waals surface area contributed by atoms with Gasteiger partial charge in [-0.25, -0.2) is 0 Å². The monoisotopic (exact) mass is 193 g/mol. The standard InChI is InChI=1S/C11H19N3/c1-2-8-14-10(6-7-13-14)11(12)9-4-3-5-9/h6-7,9,11H,2-5,8,12H2,1H3. The molecular formula is C11H19N3. The van der Waals surface area contributed by atoms with Gasteiger partial charge in [0.2, 0.25) is 0 Å². The second-order valence-corrected chi connectivity index (χ2v) is 4.20. The predicted octanol–water partition coefficient (Wildman–Crippen LogP) is 2.09. The Bertz CT molecular complexity index is 288. The molecule has 1 aliphatic carbocycles. The highest BCUT2D eigenvalue weighted by Gasteiger charge is 2.27. The molecule has 3 heteroatoms. The summed E-state index contributed by atoms with van der Waals surface area (Å²) < 4.78 is 2.06. The quantitative estimate of drug-likeness (QED) is 0.795. The topological polar surface area (TPSA) is 43.8 Å². The highest BCUT2D eigenvalue weighted by molar-refractivity contribution is 5.08. The molecule has 1 heterocycles. The van der Waals surface area contributed by atoms with Crippen molar-refractivity contribution in [2.45, 2.75) is 45.2 Å². The Kier molecular flexibility index (Phi) is 2.87. The summed E-state index contributed by atoms with van der Waals surface area (Å²) >= 11 is 0. The largest absolute Gasteiger partial charge is 0.322 e. The molecule has 1 aromatic heterocycles. The molecule has 1 aromatic rings. The van der Waals surface area contributed by atoms with Crippen LogP contribution < -0.4 is 5.73 Å². The minimum Gasteiger partial charge on any atom is -0.322 e. The van der Waals surface area contributed by atoms with Gasteiger partial charge in [-0.2, -0.15) is 5.10 Å². The maximum absolute atomic E-state index is 6.21. The molecule has 0 amide bonds. The lowest BCUT2D eigenvalue weighted by atomic mass is 9.79. The van der Waals surface area contributed by atoms with Crippen molar-refractivity contribution in [3.8, 4) is 0 Å². The van der Waals surface area contributed by atoms with Gasteiger partial charge >= 0.3 is 0 Å². The van der Waals surface area contributed by atoms with Crippen LogP contribution in [0.15, 0.2) is 12.3 Å². The molecule has 1 saturated carbocycles. The summed E-state index contributed by atoms with van der Waals surface area (Å²) in [6.07, 6.45) is 6.91. The third kappa shape index (κ3) is 1.69. The summed E-state index contributed by atoms with van der Waals surface area (Å²) in [6.45, 7) is 3.16. The first-order valence-corrected chi connectivity index (χ1v) is 5.60. The lowest BCUT2D eigenvalue weighted by Crippen LogP contribution is -2.29. The van der Waals surface area contributed by atoms with Crippen molar-refractivity contribution in [1.29, 1.82) is 0 Å². The molecule has 2 N–H and O–H groups in total. The predicted molar refractivity (Wildman–Crippen MR) is 56.8 cm³/mol. The molecule has 1 aliphatic rings. The summed E-state index contributed by atoms with van der Waals surface area (Å²) in [4.78, 5) is 0. The Balaban J connectivity index is 2.09. The second kappa shape index (κ2) is 4.13. The first kappa shape index (κ1) is 9.71. The maximum atomic E-state index is 6.21. The zero-order chi connectivity index (χ0) is 9.97. The minimum absolute atomic E-state index is 0.206. The smallest absolute Gasteiger partial charge is 0.0554 e. The molecule has 1 fully saturated rings. The zero-order valence-electron chi connectivity index (χ0n) is 8.82. The molecule has 1 atom stereocenters. The van der Waals surface area contributed by atoms with Crippen molar-refractivity contribution < 1.29 is 0 Å². The third-order valence-electron chi connectivity index (χ3n) is 3.18. The van der Waals surface area contributed by atoms with Crippen LogP contribution in [0.2, 0.25) is 0 Å². The fourth-order valence-corrected chi connectivity index (χ4v) is 2.07. The number of hydrogen-bond acceptors (Lipinski definition) is 2. The fourth-order valence-electron chi connectivity index (χ4n) is 2.07. The molecular weight excluding hydrogens is 174 g/mol. The van der Waals surface area contributed by atoms with Gasteiger partial charge in [0, 0.05) is 18.8 Å². The van der Waals surface area contributed by atoms with E-state index < -0.39 is 0 Å². The van der Waals surface area contributed by atoms with Gasteiger partial charge in [-0.05, 0) is 31.2 Å². The van der Waals surface area contributed by atoms with E-state index in [-0.39, 0.29) is 6.04 Å². The molecule has 0 radical (unpaired) electrons. The van der Waals surface area contributed by atoms with Crippen molar-refractivity contribution >= 4 is 0 Å². The molecule has 2 rings (SSSR count). The maximum Gasteiger partial charge on any atom is 0.0554 e. The number of rotatable bonds is 4. The lowest BCUT2D eigenvalue weighted by molar-refractivity contribution is 0.255. The van der Waals surface area contributed by atoms with Crippen LogP contribution in [0.3, 0.4) is 0 Å². The average molecular weight is 193 g/mol. The molecule has 14 heavy (non-hydrogen) atoms. The molecule has 1 unspecified atom stereocenters. The van der Waals surface area contributed by atoms with E-state index in [0.717, 1.165) is 13.0 Å². The third-order valence-corrected chi connectivity index (χ3v) is 3.18. The summed E-state index contributed by atoms with van der Waals surface area (Å²) in [7, 11) is 0. The van der Waals surface area contributed by atoms with Gasteiger partial charge < -0.3 is 5.73 Å². The number of nitrogens with two attached hydrogens (primary N) is 1. The zero-order valence-corrected chi connectivity index (χ0v) is 8.82. The van der Waals surface area contributed by atoms with Crippen molar-refractivity contribution in [2.24, 2.45) is 11.7 Å². The fraction of sp³-hybridized carbons (Fsp3) is 0.727. The highest BCUT2D eigenvalue weighted by Crippen LogP contribution is 2.35. The normalized spacial score (nSPS) is 19.3. The van der Waals surface area contributed by atoms with Gasteiger partial charge in [0.25, 0.3) is 0 Å². The van der Waals surface area contributed by atoms with Crippen molar-refractivity contribution in [1.82, 2.24) is 9.78 Å². The molecule has 0 bridgehead atoms. The number of aryl methyl sites for hydroxylation is 1. The van der Waals surface area contributed by atoms with E-state index in [1.165, 1.54) is 25.0 Å². The van der Waals surface area contributed by atoms with Crippen molar-refractivity contribution in [3.05, 3.63) is 18.0 Å². The Labute approximate surface area is 85.3 Å². The van der Waals surface area contributed by atoms with Gasteiger partial charge in [0.1, 0.15) is 0 Å². The van der Waals surface area contributed by atoms with Gasteiger partial charge in [0.05, 0.1) is 5.69 Å². The van der Waals surface area contributed by atoms with Crippen LogP contribution in [0.4, 0.5) is 0 Å². The van der Waals surface area contributed by atoms with Gasteiger partial charge in [-0.3, -0.25) is 4.68 Å². The SMILES string of the molecule is CCCn1nccc1C(N)C1CCC1. The van der Waals surface area contributed by atoms with E-state index in [9.17, 15) is 0 Å². The van der Waals surface area contributed by atoms with E-state index in [4.69, 9.17) is 5.73 Å². The van der Waals surface area contributed by atoms with Crippen LogP contribution in [-0.4, -0.2) is 9.78 Å². The number of nitrogens with zero attached hydrogens (tertiary/aromatic N) is 2. The van der Waals surface area contributed by atoms with Crippen LogP contribution in [0.25, 0.3) is 0 Å². The Morgan fingerprint density at radius 3 is 3.00 bits per heavy atom. The molecule has 0 saturated heterocycles. The molecule has 0 aliphatic heterocycles. The van der Waals surface area contributed by atoms with Crippen LogP contribution in [0, 0.1) is 5.92 Å².